The fourth-order valence-electron chi connectivity index (χ4n) is 2.52. The molecule has 0 bridgehead atoms. The maximum absolute atomic E-state index is 12.5. The lowest BCUT2D eigenvalue weighted by Crippen LogP contribution is -2.27. The van der Waals surface area contributed by atoms with Crippen molar-refractivity contribution in [1.82, 2.24) is 10.0 Å². The van der Waals surface area contributed by atoms with Gasteiger partial charge in [-0.3, -0.25) is 4.79 Å². The first kappa shape index (κ1) is 18.4. The molecule has 1 fully saturated rings. The smallest absolute Gasteiger partial charge is 0.251 e. The van der Waals surface area contributed by atoms with E-state index in [4.69, 9.17) is 4.74 Å². The van der Waals surface area contributed by atoms with E-state index < -0.39 is 10.0 Å². The first-order valence-corrected chi connectivity index (χ1v) is 9.91. The predicted octanol–water partition coefficient (Wildman–Crippen LogP) is 2.37. The van der Waals surface area contributed by atoms with Gasteiger partial charge in [0.15, 0.2) is 0 Å². The Hall–Kier alpha value is -2.38. The number of benzene rings is 2. The Morgan fingerprint density at radius 3 is 2.46 bits per heavy atom. The van der Waals surface area contributed by atoms with Crippen LogP contribution in [0.4, 0.5) is 0 Å². The molecule has 0 aliphatic heterocycles. The van der Waals surface area contributed by atoms with Gasteiger partial charge in [-0.05, 0) is 55.2 Å². The molecule has 26 heavy (non-hydrogen) atoms. The molecule has 1 amide bonds. The van der Waals surface area contributed by atoms with Gasteiger partial charge in [-0.2, -0.15) is 0 Å². The van der Waals surface area contributed by atoms with E-state index in [1.807, 2.05) is 24.3 Å². The van der Waals surface area contributed by atoms with E-state index in [-0.39, 0.29) is 16.8 Å². The van der Waals surface area contributed by atoms with Crippen LogP contribution in [0.3, 0.4) is 0 Å². The molecular formula is C19H22N2O4S. The summed E-state index contributed by atoms with van der Waals surface area (Å²) >= 11 is 0. The minimum absolute atomic E-state index is 0.0219. The molecule has 0 aromatic heterocycles. The molecule has 7 heteroatoms. The fourth-order valence-corrected chi connectivity index (χ4v) is 3.85. The fraction of sp³-hybridized carbons (Fsp3) is 0.316. The van der Waals surface area contributed by atoms with Crippen molar-refractivity contribution in [1.29, 1.82) is 0 Å². The predicted molar refractivity (Wildman–Crippen MR) is 98.7 cm³/mol. The van der Waals surface area contributed by atoms with E-state index in [2.05, 4.69) is 10.0 Å². The highest BCUT2D eigenvalue weighted by Crippen LogP contribution is 2.23. The number of hydrogen-bond donors (Lipinski definition) is 2. The first-order valence-electron chi connectivity index (χ1n) is 8.43. The normalized spacial score (nSPS) is 14.1. The summed E-state index contributed by atoms with van der Waals surface area (Å²) in [5, 5.41) is 2.83. The number of rotatable bonds is 7. The quantitative estimate of drug-likeness (QED) is 0.779. The highest BCUT2D eigenvalue weighted by atomic mass is 32.2. The van der Waals surface area contributed by atoms with Crippen molar-refractivity contribution in [3.05, 3.63) is 59.2 Å². The second-order valence-corrected chi connectivity index (χ2v) is 8.12. The number of sulfonamides is 1. The summed E-state index contributed by atoms with van der Waals surface area (Å²) in [4.78, 5) is 12.6. The number of carbonyl (C=O) groups excluding carboxylic acids is 1. The average molecular weight is 374 g/mol. The zero-order valence-electron chi connectivity index (χ0n) is 14.8. The van der Waals surface area contributed by atoms with E-state index in [1.165, 1.54) is 12.1 Å². The molecule has 2 N–H and O–H groups in total. The van der Waals surface area contributed by atoms with Crippen LogP contribution in [-0.4, -0.2) is 27.5 Å². The largest absolute Gasteiger partial charge is 0.497 e. The Bertz CT molecular complexity index is 904. The third kappa shape index (κ3) is 4.42. The zero-order valence-corrected chi connectivity index (χ0v) is 15.6. The molecule has 0 atom stereocenters. The molecule has 0 saturated heterocycles. The van der Waals surface area contributed by atoms with Crippen LogP contribution in [-0.2, 0) is 16.6 Å². The number of carbonyl (C=O) groups is 1. The van der Waals surface area contributed by atoms with E-state index in [0.717, 1.165) is 29.7 Å². The summed E-state index contributed by atoms with van der Waals surface area (Å²) in [6, 6.07) is 12.0. The van der Waals surface area contributed by atoms with E-state index >= 15 is 0 Å². The number of nitrogens with one attached hydrogen (secondary N) is 2. The second-order valence-electron chi connectivity index (χ2n) is 6.40. The van der Waals surface area contributed by atoms with Crippen molar-refractivity contribution in [3.63, 3.8) is 0 Å². The zero-order chi connectivity index (χ0) is 18.7. The van der Waals surface area contributed by atoms with Gasteiger partial charge in [-0.1, -0.05) is 18.2 Å². The number of aryl methyl sites for hydroxylation is 1. The van der Waals surface area contributed by atoms with Gasteiger partial charge < -0.3 is 10.1 Å². The molecule has 1 aliphatic rings. The van der Waals surface area contributed by atoms with Crippen molar-refractivity contribution in [2.45, 2.75) is 37.2 Å². The maximum atomic E-state index is 12.5. The van der Waals surface area contributed by atoms with Crippen molar-refractivity contribution in [2.24, 2.45) is 0 Å². The van der Waals surface area contributed by atoms with Crippen LogP contribution < -0.4 is 14.8 Å². The summed E-state index contributed by atoms with van der Waals surface area (Å²) in [5.74, 6) is 0.443. The van der Waals surface area contributed by atoms with Crippen molar-refractivity contribution >= 4 is 15.9 Å². The van der Waals surface area contributed by atoms with Crippen LogP contribution in [0.25, 0.3) is 0 Å². The van der Waals surface area contributed by atoms with Crippen LogP contribution in [0, 0.1) is 6.92 Å². The number of amides is 1. The second kappa shape index (κ2) is 7.47. The minimum Gasteiger partial charge on any atom is -0.497 e. The first-order chi connectivity index (χ1) is 12.4. The Morgan fingerprint density at radius 2 is 1.85 bits per heavy atom. The van der Waals surface area contributed by atoms with Crippen molar-refractivity contribution in [3.8, 4) is 5.75 Å². The van der Waals surface area contributed by atoms with Gasteiger partial charge in [0.1, 0.15) is 5.75 Å². The average Bonchev–Trinajstić information content (AvgIpc) is 3.43. The lowest BCUT2D eigenvalue weighted by atomic mass is 10.1. The van der Waals surface area contributed by atoms with Gasteiger partial charge in [-0.25, -0.2) is 13.1 Å². The van der Waals surface area contributed by atoms with Gasteiger partial charge >= 0.3 is 0 Å². The van der Waals surface area contributed by atoms with Gasteiger partial charge in [0.05, 0.1) is 12.0 Å². The van der Waals surface area contributed by atoms with Gasteiger partial charge in [0.25, 0.3) is 5.91 Å². The molecule has 138 valence electrons. The third-order valence-corrected chi connectivity index (χ3v) is 5.79. The Labute approximate surface area is 153 Å². The standard InChI is InChI=1S/C19H22N2O4S/c1-13-3-10-17(26(23,24)21-15-6-7-15)11-18(13)19(22)20-12-14-4-8-16(25-2)9-5-14/h3-5,8-11,15,21H,6-7,12H2,1-2H3,(H,20,22). The topological polar surface area (TPSA) is 84.5 Å². The van der Waals surface area contributed by atoms with Crippen LogP contribution >= 0.6 is 0 Å². The van der Waals surface area contributed by atoms with Crippen LogP contribution in [0.5, 0.6) is 5.75 Å². The summed E-state index contributed by atoms with van der Waals surface area (Å²) in [5.41, 5.74) is 2.01. The molecule has 0 unspecified atom stereocenters. The number of methoxy groups -OCH3 is 1. The summed E-state index contributed by atoms with van der Waals surface area (Å²) < 4.78 is 32.4. The van der Waals surface area contributed by atoms with Gasteiger partial charge in [-0.15, -0.1) is 0 Å². The summed E-state index contributed by atoms with van der Waals surface area (Å²) in [6.07, 6.45) is 1.72. The molecule has 2 aromatic carbocycles. The molecule has 3 rings (SSSR count). The molecule has 1 saturated carbocycles. The molecule has 2 aromatic rings. The molecule has 1 aliphatic carbocycles. The van der Waals surface area contributed by atoms with Crippen molar-refractivity contribution < 1.29 is 17.9 Å². The summed E-state index contributed by atoms with van der Waals surface area (Å²) in [7, 11) is -1.99. The van der Waals surface area contributed by atoms with Crippen LogP contribution in [0.1, 0.15) is 34.3 Å². The highest BCUT2D eigenvalue weighted by Gasteiger charge is 2.28. The lowest BCUT2D eigenvalue weighted by Gasteiger charge is -2.11. The van der Waals surface area contributed by atoms with Gasteiger partial charge in [0.2, 0.25) is 10.0 Å². The Morgan fingerprint density at radius 1 is 1.15 bits per heavy atom. The maximum Gasteiger partial charge on any atom is 0.251 e. The van der Waals surface area contributed by atoms with E-state index in [0.29, 0.717) is 12.1 Å². The van der Waals surface area contributed by atoms with Crippen LogP contribution in [0.15, 0.2) is 47.4 Å². The SMILES string of the molecule is COc1ccc(CNC(=O)c2cc(S(=O)(=O)NC3CC3)ccc2C)cc1. The highest BCUT2D eigenvalue weighted by molar-refractivity contribution is 7.89. The van der Waals surface area contributed by atoms with Crippen molar-refractivity contribution in [2.75, 3.05) is 7.11 Å². The monoisotopic (exact) mass is 374 g/mol. The minimum atomic E-state index is -3.59. The van der Waals surface area contributed by atoms with Crippen LogP contribution in [0.2, 0.25) is 0 Å². The Kier molecular flexibility index (Phi) is 5.29. The molecular weight excluding hydrogens is 352 g/mol. The molecule has 0 radical (unpaired) electrons. The van der Waals surface area contributed by atoms with Gasteiger partial charge in [0, 0.05) is 18.2 Å². The lowest BCUT2D eigenvalue weighted by molar-refractivity contribution is 0.0950. The third-order valence-electron chi connectivity index (χ3n) is 4.28. The number of ether oxygens (including phenoxy) is 1. The molecule has 0 spiro atoms. The van der Waals surface area contributed by atoms with E-state index in [9.17, 15) is 13.2 Å². The Balaban J connectivity index is 1.72. The molecule has 0 heterocycles. The summed E-state index contributed by atoms with van der Waals surface area (Å²) in [6.45, 7) is 2.13. The van der Waals surface area contributed by atoms with E-state index in [1.54, 1.807) is 20.1 Å². The molecule has 6 nitrogen and oxygen atoms in total. The number of hydrogen-bond acceptors (Lipinski definition) is 4.